The lowest BCUT2D eigenvalue weighted by Crippen LogP contribution is -2.51. The largest absolute Gasteiger partial charge is 0.377 e. The molecule has 0 fully saturated rings. The van der Waals surface area contributed by atoms with E-state index in [1.165, 1.54) is 0 Å². The highest BCUT2D eigenvalue weighted by Crippen LogP contribution is 2.26. The number of hydrogen-bond donors (Lipinski definition) is 1. The molecule has 0 amide bonds. The zero-order chi connectivity index (χ0) is 10.5. The first-order valence-electron chi connectivity index (χ1n) is 5.36. The Morgan fingerprint density at radius 2 is 1.69 bits per heavy atom. The van der Waals surface area contributed by atoms with Crippen molar-refractivity contribution in [1.29, 1.82) is 0 Å². The zero-order valence-electron chi connectivity index (χ0n) is 9.76. The number of rotatable bonds is 6. The second-order valence-electron chi connectivity index (χ2n) is 3.97. The van der Waals surface area contributed by atoms with Crippen LogP contribution in [0.2, 0.25) is 0 Å². The lowest BCUT2D eigenvalue weighted by Gasteiger charge is -2.37. The highest BCUT2D eigenvalue weighted by atomic mass is 16.5. The Morgan fingerprint density at radius 3 is 1.92 bits per heavy atom. The van der Waals surface area contributed by atoms with Gasteiger partial charge in [-0.1, -0.05) is 33.6 Å². The summed E-state index contributed by atoms with van der Waals surface area (Å²) in [5.74, 6) is 0.574. The molecular weight excluding hydrogens is 162 g/mol. The molecule has 0 aliphatic heterocycles. The van der Waals surface area contributed by atoms with Crippen molar-refractivity contribution in [3.63, 3.8) is 0 Å². The van der Waals surface area contributed by atoms with E-state index in [2.05, 4.69) is 27.7 Å². The van der Waals surface area contributed by atoms with Gasteiger partial charge in [-0.25, -0.2) is 0 Å². The van der Waals surface area contributed by atoms with E-state index in [0.717, 1.165) is 19.3 Å². The van der Waals surface area contributed by atoms with Crippen LogP contribution in [0, 0.1) is 5.92 Å². The Kier molecular flexibility index (Phi) is 5.57. The van der Waals surface area contributed by atoms with Gasteiger partial charge in [0.2, 0.25) is 0 Å². The van der Waals surface area contributed by atoms with Gasteiger partial charge in [-0.3, -0.25) is 0 Å². The van der Waals surface area contributed by atoms with E-state index in [1.807, 2.05) is 0 Å². The fourth-order valence-electron chi connectivity index (χ4n) is 1.81. The molecule has 2 N–H and O–H groups in total. The summed E-state index contributed by atoms with van der Waals surface area (Å²) in [6.07, 6.45) is 3.24. The van der Waals surface area contributed by atoms with Crippen LogP contribution in [-0.4, -0.2) is 18.8 Å². The van der Waals surface area contributed by atoms with Gasteiger partial charge < -0.3 is 10.5 Å². The predicted molar refractivity (Wildman–Crippen MR) is 57.8 cm³/mol. The monoisotopic (exact) mass is 187 g/mol. The summed E-state index contributed by atoms with van der Waals surface area (Å²) in [4.78, 5) is 0. The van der Waals surface area contributed by atoms with Crippen molar-refractivity contribution in [3.05, 3.63) is 0 Å². The highest BCUT2D eigenvalue weighted by molar-refractivity contribution is 4.89. The second-order valence-corrected chi connectivity index (χ2v) is 3.97. The molecule has 2 nitrogen and oxygen atoms in total. The molecule has 0 bridgehead atoms. The zero-order valence-corrected chi connectivity index (χ0v) is 9.76. The summed E-state index contributed by atoms with van der Waals surface area (Å²) < 4.78 is 5.51. The minimum Gasteiger partial charge on any atom is -0.377 e. The van der Waals surface area contributed by atoms with Gasteiger partial charge in [0.1, 0.15) is 0 Å². The second kappa shape index (κ2) is 5.61. The minimum atomic E-state index is -0.156. The van der Waals surface area contributed by atoms with E-state index in [9.17, 15) is 0 Å². The maximum atomic E-state index is 6.21. The van der Waals surface area contributed by atoms with Crippen molar-refractivity contribution in [2.24, 2.45) is 11.7 Å². The van der Waals surface area contributed by atoms with Gasteiger partial charge in [0, 0.05) is 13.2 Å². The van der Waals surface area contributed by atoms with Crippen LogP contribution in [0.4, 0.5) is 0 Å². The molecule has 2 heteroatoms. The van der Waals surface area contributed by atoms with Gasteiger partial charge in [0.05, 0.1) is 5.60 Å². The number of methoxy groups -OCH3 is 1. The van der Waals surface area contributed by atoms with Crippen molar-refractivity contribution < 1.29 is 4.74 Å². The smallest absolute Gasteiger partial charge is 0.0800 e. The summed E-state index contributed by atoms with van der Waals surface area (Å²) in [6, 6.07) is 0.150. The quantitative estimate of drug-likeness (QED) is 0.693. The molecular formula is C11H25NO. The van der Waals surface area contributed by atoms with Gasteiger partial charge in [-0.15, -0.1) is 0 Å². The summed E-state index contributed by atoms with van der Waals surface area (Å²) in [7, 11) is 1.76. The average molecular weight is 187 g/mol. The molecule has 0 aromatic rings. The Hall–Kier alpha value is -0.0800. The van der Waals surface area contributed by atoms with Crippen LogP contribution in [0.1, 0.15) is 47.0 Å². The van der Waals surface area contributed by atoms with E-state index in [0.29, 0.717) is 5.92 Å². The molecule has 0 aliphatic rings. The molecule has 0 heterocycles. The van der Waals surface area contributed by atoms with E-state index >= 15 is 0 Å². The molecule has 0 radical (unpaired) electrons. The SMILES string of the molecule is CCC(CC)C(N)C(C)(CC)OC. The summed E-state index contributed by atoms with van der Waals surface area (Å²) in [5.41, 5.74) is 6.06. The van der Waals surface area contributed by atoms with Crippen molar-refractivity contribution in [2.45, 2.75) is 58.6 Å². The number of hydrogen-bond acceptors (Lipinski definition) is 2. The van der Waals surface area contributed by atoms with E-state index in [4.69, 9.17) is 10.5 Å². The first kappa shape index (κ1) is 12.9. The van der Waals surface area contributed by atoms with Gasteiger partial charge in [0.25, 0.3) is 0 Å². The van der Waals surface area contributed by atoms with E-state index in [-0.39, 0.29) is 11.6 Å². The maximum absolute atomic E-state index is 6.21. The minimum absolute atomic E-state index is 0.150. The lowest BCUT2D eigenvalue weighted by molar-refractivity contribution is -0.0347. The van der Waals surface area contributed by atoms with Crippen LogP contribution < -0.4 is 5.73 Å². The van der Waals surface area contributed by atoms with Gasteiger partial charge >= 0.3 is 0 Å². The van der Waals surface area contributed by atoms with Crippen LogP contribution >= 0.6 is 0 Å². The third-order valence-corrected chi connectivity index (χ3v) is 3.43. The van der Waals surface area contributed by atoms with Gasteiger partial charge in [-0.2, -0.15) is 0 Å². The summed E-state index contributed by atoms with van der Waals surface area (Å²) in [5, 5.41) is 0. The highest BCUT2D eigenvalue weighted by Gasteiger charge is 2.33. The standard InChI is InChI=1S/C11H25NO/c1-6-9(7-2)10(12)11(4,8-3)13-5/h9-10H,6-8,12H2,1-5H3. The molecule has 2 atom stereocenters. The first-order valence-corrected chi connectivity index (χ1v) is 5.36. The lowest BCUT2D eigenvalue weighted by atomic mass is 9.81. The van der Waals surface area contributed by atoms with Crippen molar-refractivity contribution >= 4 is 0 Å². The van der Waals surface area contributed by atoms with Crippen LogP contribution in [-0.2, 0) is 4.74 Å². The molecule has 0 aromatic carbocycles. The Balaban J connectivity index is 4.42. The molecule has 0 saturated heterocycles. The predicted octanol–water partition coefficient (Wildman–Crippen LogP) is 2.57. The Morgan fingerprint density at radius 1 is 1.23 bits per heavy atom. The third kappa shape index (κ3) is 2.96. The van der Waals surface area contributed by atoms with Gasteiger partial charge in [-0.05, 0) is 19.3 Å². The van der Waals surface area contributed by atoms with Crippen LogP contribution in [0.5, 0.6) is 0 Å². The molecule has 0 spiro atoms. The normalized spacial score (nSPS) is 18.7. The average Bonchev–Trinajstić information content (AvgIpc) is 2.18. The third-order valence-electron chi connectivity index (χ3n) is 3.43. The van der Waals surface area contributed by atoms with Crippen molar-refractivity contribution in [1.82, 2.24) is 0 Å². The molecule has 0 saturated carbocycles. The number of nitrogens with two attached hydrogens (primary N) is 1. The fourth-order valence-corrected chi connectivity index (χ4v) is 1.81. The Bertz CT molecular complexity index is 128. The topological polar surface area (TPSA) is 35.2 Å². The van der Waals surface area contributed by atoms with Crippen molar-refractivity contribution in [3.8, 4) is 0 Å². The maximum Gasteiger partial charge on any atom is 0.0800 e. The van der Waals surface area contributed by atoms with Gasteiger partial charge in [0.15, 0.2) is 0 Å². The Labute approximate surface area is 82.8 Å². The first-order chi connectivity index (χ1) is 6.05. The molecule has 0 rings (SSSR count). The summed E-state index contributed by atoms with van der Waals surface area (Å²) >= 11 is 0. The van der Waals surface area contributed by atoms with Crippen LogP contribution in [0.25, 0.3) is 0 Å². The molecule has 0 aliphatic carbocycles. The molecule has 80 valence electrons. The van der Waals surface area contributed by atoms with Crippen molar-refractivity contribution in [2.75, 3.05) is 7.11 Å². The molecule has 0 aromatic heterocycles. The summed E-state index contributed by atoms with van der Waals surface area (Å²) in [6.45, 7) is 8.63. The van der Waals surface area contributed by atoms with Crippen LogP contribution in [0.3, 0.4) is 0 Å². The van der Waals surface area contributed by atoms with Crippen LogP contribution in [0.15, 0.2) is 0 Å². The number of ether oxygens (including phenoxy) is 1. The van der Waals surface area contributed by atoms with E-state index in [1.54, 1.807) is 7.11 Å². The fraction of sp³-hybridized carbons (Fsp3) is 1.00. The van der Waals surface area contributed by atoms with E-state index < -0.39 is 0 Å². The molecule has 2 unspecified atom stereocenters. The molecule has 13 heavy (non-hydrogen) atoms.